The summed E-state index contributed by atoms with van der Waals surface area (Å²) in [6.07, 6.45) is 5.97. The number of allylic oxidation sites excluding steroid dienone is 4. The predicted octanol–water partition coefficient (Wildman–Crippen LogP) is 4.79. The summed E-state index contributed by atoms with van der Waals surface area (Å²) in [5.41, 5.74) is 5.77. The van der Waals surface area contributed by atoms with Gasteiger partial charge < -0.3 is 0 Å². The number of benzene rings is 1. The number of carbonyl (C=O) groups is 1. The van der Waals surface area contributed by atoms with E-state index in [1.807, 2.05) is 25.1 Å². The highest BCUT2D eigenvalue weighted by Gasteiger charge is 2.46. The molecule has 0 bridgehead atoms. The van der Waals surface area contributed by atoms with E-state index in [4.69, 9.17) is 0 Å². The van der Waals surface area contributed by atoms with Gasteiger partial charge in [0.25, 0.3) is 0 Å². The van der Waals surface area contributed by atoms with Crippen molar-refractivity contribution in [3.63, 3.8) is 0 Å². The first-order chi connectivity index (χ1) is 9.09. The van der Waals surface area contributed by atoms with E-state index in [1.165, 1.54) is 30.4 Å². The van der Waals surface area contributed by atoms with E-state index in [1.54, 1.807) is 0 Å². The van der Waals surface area contributed by atoms with Crippen LogP contribution < -0.4 is 0 Å². The van der Waals surface area contributed by atoms with Crippen LogP contribution in [0.15, 0.2) is 41.5 Å². The third-order valence-corrected chi connectivity index (χ3v) is 4.52. The number of ketones is 1. The minimum Gasteiger partial charge on any atom is -0.289 e. The van der Waals surface area contributed by atoms with E-state index in [0.717, 1.165) is 16.7 Å². The van der Waals surface area contributed by atoms with Gasteiger partial charge in [0.1, 0.15) is 0 Å². The highest BCUT2D eigenvalue weighted by molar-refractivity contribution is 6.21. The first-order valence-corrected chi connectivity index (χ1v) is 7.17. The van der Waals surface area contributed by atoms with Crippen LogP contribution in [0.5, 0.6) is 0 Å². The van der Waals surface area contributed by atoms with Crippen LogP contribution in [-0.4, -0.2) is 5.78 Å². The first-order valence-electron chi connectivity index (χ1n) is 7.17. The van der Waals surface area contributed by atoms with Crippen LogP contribution in [0.25, 0.3) is 5.57 Å². The number of rotatable bonds is 4. The van der Waals surface area contributed by atoms with E-state index in [0.29, 0.717) is 0 Å². The Morgan fingerprint density at radius 2 is 1.84 bits per heavy atom. The maximum atomic E-state index is 12.3. The molecule has 0 saturated heterocycles. The molecule has 0 fully saturated rings. The van der Waals surface area contributed by atoms with Gasteiger partial charge in [-0.3, -0.25) is 4.79 Å². The van der Waals surface area contributed by atoms with Gasteiger partial charge in [-0.2, -0.15) is 0 Å². The quantitative estimate of drug-likeness (QED) is 0.704. The molecule has 1 atom stereocenters. The average molecular weight is 252 g/mol. The summed E-state index contributed by atoms with van der Waals surface area (Å²) in [5.74, 6) is 0.210. The number of hydrogen-bond acceptors (Lipinski definition) is 1. The second kappa shape index (κ2) is 4.19. The highest BCUT2D eigenvalue weighted by Crippen LogP contribution is 2.58. The van der Waals surface area contributed by atoms with Crippen LogP contribution in [0.2, 0.25) is 0 Å². The molecule has 0 saturated carbocycles. The van der Waals surface area contributed by atoms with Gasteiger partial charge in [0, 0.05) is 16.6 Å². The van der Waals surface area contributed by atoms with E-state index in [2.05, 4.69) is 26.0 Å². The molecule has 0 radical (unpaired) electrons. The second-order valence-corrected chi connectivity index (χ2v) is 5.85. The molecule has 2 aliphatic rings. The third-order valence-electron chi connectivity index (χ3n) is 4.52. The molecule has 0 aromatic heterocycles. The number of fused-ring (bicyclic) bond motifs is 1. The second-order valence-electron chi connectivity index (χ2n) is 5.85. The fourth-order valence-corrected chi connectivity index (χ4v) is 3.33. The van der Waals surface area contributed by atoms with Crippen molar-refractivity contribution in [1.29, 1.82) is 0 Å². The lowest BCUT2D eigenvalue weighted by Crippen LogP contribution is -2.04. The molecular formula is C18H20O. The molecule has 0 amide bonds. The molecule has 1 aromatic rings. The fourth-order valence-electron chi connectivity index (χ4n) is 3.33. The van der Waals surface area contributed by atoms with Gasteiger partial charge in [-0.1, -0.05) is 49.3 Å². The molecular weight excluding hydrogens is 232 g/mol. The number of hydrogen-bond donors (Lipinski definition) is 0. The largest absolute Gasteiger partial charge is 0.289 e. The van der Waals surface area contributed by atoms with Gasteiger partial charge in [0.15, 0.2) is 5.78 Å². The lowest BCUT2D eigenvalue weighted by molar-refractivity contribution is 0.103. The maximum absolute atomic E-state index is 12.3. The minimum atomic E-state index is 0.0432. The molecule has 3 rings (SSSR count). The molecule has 1 unspecified atom stereocenters. The standard InChI is InChI=1S/C18H20O/c1-4-5-8-13-11-18(13,3)16-12(2)17(19)15-10-7-6-9-14(15)16/h6-7,9-11H,4-5,8H2,1-3H3. The predicted molar refractivity (Wildman–Crippen MR) is 79.1 cm³/mol. The normalized spacial score (nSPS) is 24.6. The van der Waals surface area contributed by atoms with Gasteiger partial charge in [-0.25, -0.2) is 0 Å². The molecule has 19 heavy (non-hydrogen) atoms. The topological polar surface area (TPSA) is 17.1 Å². The van der Waals surface area contributed by atoms with Crippen molar-refractivity contribution < 1.29 is 4.79 Å². The Kier molecular flexibility index (Phi) is 2.74. The SMILES string of the molecule is CCCCC1=CC1(C)C1=C(C)C(=O)c2ccccc21. The summed E-state index contributed by atoms with van der Waals surface area (Å²) in [6.45, 7) is 6.46. The zero-order chi connectivity index (χ0) is 13.6. The van der Waals surface area contributed by atoms with Crippen molar-refractivity contribution in [2.24, 2.45) is 5.41 Å². The maximum Gasteiger partial charge on any atom is 0.189 e. The van der Waals surface area contributed by atoms with Crippen molar-refractivity contribution >= 4 is 11.4 Å². The zero-order valence-corrected chi connectivity index (χ0v) is 11.9. The molecule has 98 valence electrons. The van der Waals surface area contributed by atoms with Crippen molar-refractivity contribution in [2.75, 3.05) is 0 Å². The van der Waals surface area contributed by atoms with Crippen molar-refractivity contribution in [3.8, 4) is 0 Å². The Morgan fingerprint density at radius 1 is 1.16 bits per heavy atom. The van der Waals surface area contributed by atoms with Gasteiger partial charge in [-0.05, 0) is 37.8 Å². The summed E-state index contributed by atoms with van der Waals surface area (Å²) in [7, 11) is 0. The van der Waals surface area contributed by atoms with Crippen LogP contribution in [-0.2, 0) is 0 Å². The van der Waals surface area contributed by atoms with Crippen LogP contribution in [0.1, 0.15) is 56.0 Å². The molecule has 1 heteroatoms. The molecule has 1 nitrogen and oxygen atoms in total. The van der Waals surface area contributed by atoms with Crippen molar-refractivity contribution in [3.05, 3.63) is 52.6 Å². The number of Topliss-reactive ketones (excluding diaryl/α,β-unsaturated/α-hetero) is 1. The Balaban J connectivity index is 1.97. The monoisotopic (exact) mass is 252 g/mol. The summed E-state index contributed by atoms with van der Waals surface area (Å²) < 4.78 is 0. The highest BCUT2D eigenvalue weighted by atomic mass is 16.1. The van der Waals surface area contributed by atoms with E-state index in [-0.39, 0.29) is 11.2 Å². The molecule has 1 aromatic carbocycles. The van der Waals surface area contributed by atoms with Crippen LogP contribution in [0.4, 0.5) is 0 Å². The summed E-state index contributed by atoms with van der Waals surface area (Å²) in [4.78, 5) is 12.3. The van der Waals surface area contributed by atoms with E-state index in [9.17, 15) is 4.79 Å². The summed E-state index contributed by atoms with van der Waals surface area (Å²) >= 11 is 0. The molecule has 0 heterocycles. The van der Waals surface area contributed by atoms with Gasteiger partial charge in [0.05, 0.1) is 0 Å². The van der Waals surface area contributed by atoms with Crippen molar-refractivity contribution in [1.82, 2.24) is 0 Å². The van der Waals surface area contributed by atoms with Crippen molar-refractivity contribution in [2.45, 2.75) is 40.0 Å². The third kappa shape index (κ3) is 1.72. The molecule has 0 spiro atoms. The Hall–Kier alpha value is -1.63. The zero-order valence-electron chi connectivity index (χ0n) is 11.9. The number of carbonyl (C=O) groups excluding carboxylic acids is 1. The fraction of sp³-hybridized carbons (Fsp3) is 0.389. The van der Waals surface area contributed by atoms with Gasteiger partial charge in [0.2, 0.25) is 0 Å². The van der Waals surface area contributed by atoms with Gasteiger partial charge >= 0.3 is 0 Å². The van der Waals surface area contributed by atoms with Gasteiger partial charge in [-0.15, -0.1) is 0 Å². The molecule has 0 N–H and O–H groups in total. The Bertz CT molecular complexity index is 618. The van der Waals surface area contributed by atoms with E-state index >= 15 is 0 Å². The lowest BCUT2D eigenvalue weighted by Gasteiger charge is -2.17. The van der Waals surface area contributed by atoms with E-state index < -0.39 is 0 Å². The molecule has 2 aliphatic carbocycles. The van der Waals surface area contributed by atoms with Crippen LogP contribution in [0.3, 0.4) is 0 Å². The van der Waals surface area contributed by atoms with Crippen LogP contribution >= 0.6 is 0 Å². The Labute approximate surface area is 115 Å². The summed E-state index contributed by atoms with van der Waals surface area (Å²) in [5, 5.41) is 0. The first kappa shape index (κ1) is 12.4. The summed E-state index contributed by atoms with van der Waals surface area (Å²) in [6, 6.07) is 8.02. The molecule has 0 aliphatic heterocycles. The number of unbranched alkanes of at least 4 members (excludes halogenated alkanes) is 1. The average Bonchev–Trinajstić information content (AvgIpc) is 2.99. The smallest absolute Gasteiger partial charge is 0.189 e. The Morgan fingerprint density at radius 3 is 2.53 bits per heavy atom. The minimum absolute atomic E-state index is 0.0432. The van der Waals surface area contributed by atoms with Crippen LogP contribution in [0, 0.1) is 5.41 Å². The lowest BCUT2D eigenvalue weighted by atomic mass is 9.85.